The van der Waals surface area contributed by atoms with Gasteiger partial charge in [0.15, 0.2) is 18.1 Å². The van der Waals surface area contributed by atoms with E-state index in [1.165, 1.54) is 6.20 Å². The molecule has 27 heavy (non-hydrogen) atoms. The van der Waals surface area contributed by atoms with E-state index in [4.69, 9.17) is 14.2 Å². The summed E-state index contributed by atoms with van der Waals surface area (Å²) in [5, 5.41) is 2.69. The minimum atomic E-state index is -0.626. The Hall–Kier alpha value is -3.68. The SMILES string of the molecule is O=C(COC(=O)c1cccc2nccnc12)NCc1ccc2c(c1)OCO2. The second kappa shape index (κ2) is 7.28. The molecule has 0 aliphatic carbocycles. The van der Waals surface area contributed by atoms with Crippen LogP contribution in [0.3, 0.4) is 0 Å². The van der Waals surface area contributed by atoms with Crippen LogP contribution in [-0.2, 0) is 16.1 Å². The molecule has 1 aliphatic rings. The number of amides is 1. The van der Waals surface area contributed by atoms with Gasteiger partial charge in [-0.1, -0.05) is 12.1 Å². The quantitative estimate of drug-likeness (QED) is 0.689. The Morgan fingerprint density at radius 2 is 1.93 bits per heavy atom. The fourth-order valence-corrected chi connectivity index (χ4v) is 2.67. The van der Waals surface area contributed by atoms with E-state index in [0.717, 1.165) is 5.56 Å². The summed E-state index contributed by atoms with van der Waals surface area (Å²) in [7, 11) is 0. The third kappa shape index (κ3) is 3.64. The molecule has 0 saturated heterocycles. The summed E-state index contributed by atoms with van der Waals surface area (Å²) in [6.45, 7) is 0.0897. The van der Waals surface area contributed by atoms with Crippen molar-refractivity contribution in [2.45, 2.75) is 6.54 Å². The molecule has 0 bridgehead atoms. The Labute approximate surface area is 154 Å². The lowest BCUT2D eigenvalue weighted by Gasteiger charge is -2.08. The average molecular weight is 365 g/mol. The first-order valence-electron chi connectivity index (χ1n) is 8.23. The van der Waals surface area contributed by atoms with Gasteiger partial charge >= 0.3 is 5.97 Å². The van der Waals surface area contributed by atoms with Crippen LogP contribution in [0, 0.1) is 0 Å². The fraction of sp³-hybridized carbons (Fsp3) is 0.158. The smallest absolute Gasteiger partial charge is 0.340 e. The Balaban J connectivity index is 1.33. The number of nitrogens with zero attached hydrogens (tertiary/aromatic N) is 2. The summed E-state index contributed by atoms with van der Waals surface area (Å²) in [6.07, 6.45) is 3.04. The van der Waals surface area contributed by atoms with Gasteiger partial charge in [0.1, 0.15) is 5.52 Å². The van der Waals surface area contributed by atoms with Gasteiger partial charge < -0.3 is 19.5 Å². The van der Waals surface area contributed by atoms with E-state index in [0.29, 0.717) is 22.5 Å². The molecule has 8 nitrogen and oxygen atoms in total. The van der Waals surface area contributed by atoms with E-state index in [9.17, 15) is 9.59 Å². The molecular weight excluding hydrogens is 350 g/mol. The molecule has 0 radical (unpaired) electrons. The Morgan fingerprint density at radius 3 is 2.85 bits per heavy atom. The van der Waals surface area contributed by atoms with Gasteiger partial charge in [0.25, 0.3) is 5.91 Å². The van der Waals surface area contributed by atoms with Crippen molar-refractivity contribution in [2.75, 3.05) is 13.4 Å². The Bertz CT molecular complexity index is 1020. The van der Waals surface area contributed by atoms with Gasteiger partial charge in [-0.15, -0.1) is 0 Å². The van der Waals surface area contributed by atoms with Gasteiger partial charge in [0.2, 0.25) is 6.79 Å². The number of ether oxygens (including phenoxy) is 3. The maximum Gasteiger partial charge on any atom is 0.340 e. The highest BCUT2D eigenvalue weighted by Crippen LogP contribution is 2.32. The van der Waals surface area contributed by atoms with Crippen LogP contribution in [0.1, 0.15) is 15.9 Å². The molecule has 1 N–H and O–H groups in total. The number of nitrogens with one attached hydrogen (secondary N) is 1. The zero-order valence-corrected chi connectivity index (χ0v) is 14.2. The summed E-state index contributed by atoms with van der Waals surface area (Å²) in [5.74, 6) is 0.286. The molecule has 2 aromatic carbocycles. The second-order valence-electron chi connectivity index (χ2n) is 5.77. The summed E-state index contributed by atoms with van der Waals surface area (Å²) in [4.78, 5) is 32.5. The number of rotatable bonds is 5. The topological polar surface area (TPSA) is 99.6 Å². The maximum atomic E-state index is 12.3. The van der Waals surface area contributed by atoms with Crippen molar-refractivity contribution >= 4 is 22.9 Å². The van der Waals surface area contributed by atoms with Gasteiger partial charge in [-0.2, -0.15) is 0 Å². The molecule has 0 atom stereocenters. The van der Waals surface area contributed by atoms with Gasteiger partial charge in [-0.05, 0) is 29.8 Å². The number of para-hydroxylation sites is 1. The second-order valence-corrected chi connectivity index (χ2v) is 5.77. The normalized spacial score (nSPS) is 12.0. The summed E-state index contributed by atoms with van der Waals surface area (Å²) < 4.78 is 15.6. The number of carbonyl (C=O) groups excluding carboxylic acids is 2. The van der Waals surface area contributed by atoms with Gasteiger partial charge in [0, 0.05) is 18.9 Å². The molecule has 0 saturated carbocycles. The minimum absolute atomic E-state index is 0.194. The molecule has 2 heterocycles. The van der Waals surface area contributed by atoms with Crippen LogP contribution in [0.4, 0.5) is 0 Å². The number of aromatic nitrogens is 2. The van der Waals surface area contributed by atoms with Gasteiger partial charge in [-0.25, -0.2) is 4.79 Å². The van der Waals surface area contributed by atoms with Crippen molar-refractivity contribution in [3.05, 3.63) is 59.9 Å². The van der Waals surface area contributed by atoms with Crippen molar-refractivity contribution in [1.29, 1.82) is 0 Å². The van der Waals surface area contributed by atoms with Crippen LogP contribution in [-0.4, -0.2) is 35.2 Å². The van der Waals surface area contributed by atoms with Crippen molar-refractivity contribution < 1.29 is 23.8 Å². The Morgan fingerprint density at radius 1 is 1.07 bits per heavy atom. The molecule has 8 heteroatoms. The van der Waals surface area contributed by atoms with E-state index in [1.807, 2.05) is 6.07 Å². The highest BCUT2D eigenvalue weighted by molar-refractivity contribution is 6.02. The van der Waals surface area contributed by atoms with Crippen LogP contribution in [0.5, 0.6) is 11.5 Å². The summed E-state index contributed by atoms with van der Waals surface area (Å²) in [5.41, 5.74) is 2.14. The molecule has 136 valence electrons. The van der Waals surface area contributed by atoms with Gasteiger partial charge in [-0.3, -0.25) is 14.8 Å². The predicted octanol–water partition coefficient (Wildman–Crippen LogP) is 1.83. The van der Waals surface area contributed by atoms with E-state index in [1.54, 1.807) is 36.5 Å². The molecule has 0 unspecified atom stereocenters. The first-order chi connectivity index (χ1) is 13.2. The van der Waals surface area contributed by atoms with Crippen molar-refractivity contribution in [1.82, 2.24) is 15.3 Å². The number of esters is 1. The summed E-state index contributed by atoms with van der Waals surface area (Å²) >= 11 is 0. The number of hydrogen-bond acceptors (Lipinski definition) is 7. The van der Waals surface area contributed by atoms with E-state index in [-0.39, 0.29) is 25.5 Å². The van der Waals surface area contributed by atoms with Crippen LogP contribution in [0.25, 0.3) is 11.0 Å². The lowest BCUT2D eigenvalue weighted by Crippen LogP contribution is -2.28. The zero-order valence-electron chi connectivity index (χ0n) is 14.2. The number of carbonyl (C=O) groups is 2. The van der Waals surface area contributed by atoms with E-state index >= 15 is 0 Å². The van der Waals surface area contributed by atoms with Gasteiger partial charge in [0.05, 0.1) is 11.1 Å². The lowest BCUT2D eigenvalue weighted by atomic mass is 10.2. The molecule has 4 rings (SSSR count). The summed E-state index contributed by atoms with van der Waals surface area (Å²) in [6, 6.07) is 10.4. The molecule has 1 amide bonds. The maximum absolute atomic E-state index is 12.3. The molecule has 1 aromatic heterocycles. The third-order valence-electron chi connectivity index (χ3n) is 3.98. The number of benzene rings is 2. The number of fused-ring (bicyclic) bond motifs is 2. The molecule has 0 spiro atoms. The molecule has 3 aromatic rings. The van der Waals surface area contributed by atoms with Crippen molar-refractivity contribution in [3.8, 4) is 11.5 Å². The van der Waals surface area contributed by atoms with Crippen LogP contribution >= 0.6 is 0 Å². The molecule has 0 fully saturated rings. The van der Waals surface area contributed by atoms with E-state index < -0.39 is 11.9 Å². The first-order valence-corrected chi connectivity index (χ1v) is 8.23. The van der Waals surface area contributed by atoms with Crippen LogP contribution in [0.15, 0.2) is 48.8 Å². The van der Waals surface area contributed by atoms with Crippen LogP contribution < -0.4 is 14.8 Å². The van der Waals surface area contributed by atoms with Crippen molar-refractivity contribution in [3.63, 3.8) is 0 Å². The van der Waals surface area contributed by atoms with E-state index in [2.05, 4.69) is 15.3 Å². The molecule has 1 aliphatic heterocycles. The Kier molecular flexibility index (Phi) is 4.52. The average Bonchev–Trinajstić information content (AvgIpc) is 3.18. The first kappa shape index (κ1) is 16.8. The monoisotopic (exact) mass is 365 g/mol. The van der Waals surface area contributed by atoms with Crippen LogP contribution in [0.2, 0.25) is 0 Å². The highest BCUT2D eigenvalue weighted by atomic mass is 16.7. The number of hydrogen-bond donors (Lipinski definition) is 1. The zero-order chi connectivity index (χ0) is 18.6. The minimum Gasteiger partial charge on any atom is -0.454 e. The van der Waals surface area contributed by atoms with Crippen molar-refractivity contribution in [2.24, 2.45) is 0 Å². The molecular formula is C19H15N3O5. The fourth-order valence-electron chi connectivity index (χ4n) is 2.67. The highest BCUT2D eigenvalue weighted by Gasteiger charge is 2.16. The lowest BCUT2D eigenvalue weighted by molar-refractivity contribution is -0.124. The standard InChI is InChI=1S/C19H15N3O5/c23-17(22-9-12-4-5-15-16(8-12)27-11-26-15)10-25-19(24)13-2-1-3-14-18(13)21-7-6-20-14/h1-8H,9-11H2,(H,22,23). The third-order valence-corrected chi connectivity index (χ3v) is 3.98. The largest absolute Gasteiger partial charge is 0.454 e. The predicted molar refractivity (Wildman–Crippen MR) is 94.2 cm³/mol.